The van der Waals surface area contributed by atoms with E-state index in [1.54, 1.807) is 43.3 Å². The number of nitrogens with one attached hydrogen (secondary N) is 1. The van der Waals surface area contributed by atoms with Gasteiger partial charge < -0.3 is 19.5 Å². The van der Waals surface area contributed by atoms with E-state index < -0.39 is 5.97 Å². The van der Waals surface area contributed by atoms with Crippen LogP contribution in [-0.4, -0.2) is 31.7 Å². The average Bonchev–Trinajstić information content (AvgIpc) is 2.84. The quantitative estimate of drug-likeness (QED) is 0.281. The van der Waals surface area contributed by atoms with Crippen LogP contribution in [0.25, 0.3) is 0 Å². The Morgan fingerprint density at radius 2 is 1.65 bits per heavy atom. The predicted octanol–water partition coefficient (Wildman–Crippen LogP) is 5.59. The minimum absolute atomic E-state index is 0.225. The first-order valence-electron chi connectivity index (χ1n) is 11.5. The summed E-state index contributed by atoms with van der Waals surface area (Å²) < 4.78 is 16.2. The minimum Gasteiger partial charge on any atom is -0.494 e. The lowest BCUT2D eigenvalue weighted by Crippen LogP contribution is -2.17. The lowest BCUT2D eigenvalue weighted by atomic mass is 10.1. The molecule has 3 aromatic rings. The number of hydrogen-bond acceptors (Lipinski definition) is 5. The highest BCUT2D eigenvalue weighted by molar-refractivity contribution is 6.05. The van der Waals surface area contributed by atoms with Crippen LogP contribution >= 0.6 is 0 Å². The molecule has 0 spiro atoms. The number of unbranched alkanes of at least 4 members (excludes halogenated alkanes) is 1. The number of ether oxygens (including phenoxy) is 3. The third kappa shape index (κ3) is 7.96. The highest BCUT2D eigenvalue weighted by atomic mass is 16.6. The lowest BCUT2D eigenvalue weighted by molar-refractivity contribution is -0.145. The van der Waals surface area contributed by atoms with Crippen LogP contribution in [0.3, 0.4) is 0 Å². The van der Waals surface area contributed by atoms with Gasteiger partial charge in [0.2, 0.25) is 0 Å². The maximum absolute atomic E-state index is 12.8. The number of esters is 1. The van der Waals surface area contributed by atoms with Crippen molar-refractivity contribution in [2.24, 2.45) is 0 Å². The Morgan fingerprint density at radius 1 is 0.882 bits per heavy atom. The van der Waals surface area contributed by atoms with Gasteiger partial charge in [-0.05, 0) is 80.6 Å². The van der Waals surface area contributed by atoms with Gasteiger partial charge in [-0.15, -0.1) is 0 Å². The van der Waals surface area contributed by atoms with E-state index in [2.05, 4.69) is 29.6 Å². The molecule has 34 heavy (non-hydrogen) atoms. The minimum atomic E-state index is -0.462. The van der Waals surface area contributed by atoms with Gasteiger partial charge in [-0.2, -0.15) is 0 Å². The normalized spacial score (nSPS) is 10.4. The first-order chi connectivity index (χ1) is 16.5. The van der Waals surface area contributed by atoms with Crippen molar-refractivity contribution in [1.29, 1.82) is 0 Å². The zero-order valence-electron chi connectivity index (χ0n) is 19.7. The third-order valence-electron chi connectivity index (χ3n) is 5.12. The van der Waals surface area contributed by atoms with Crippen molar-refractivity contribution in [1.82, 2.24) is 0 Å². The smallest absolute Gasteiger partial charge is 0.344 e. The Kier molecular flexibility index (Phi) is 9.52. The topological polar surface area (TPSA) is 73.9 Å². The Bertz CT molecular complexity index is 1060. The Hall–Kier alpha value is -3.80. The lowest BCUT2D eigenvalue weighted by Gasteiger charge is -2.13. The second-order valence-corrected chi connectivity index (χ2v) is 7.86. The van der Waals surface area contributed by atoms with Gasteiger partial charge in [0.1, 0.15) is 11.5 Å². The van der Waals surface area contributed by atoms with Crippen LogP contribution in [0.2, 0.25) is 0 Å². The van der Waals surface area contributed by atoms with Crippen molar-refractivity contribution in [3.05, 3.63) is 89.5 Å². The van der Waals surface area contributed by atoms with Gasteiger partial charge >= 0.3 is 5.97 Å². The number of anilines is 1. The summed E-state index contributed by atoms with van der Waals surface area (Å²) in [5.74, 6) is 0.393. The fourth-order valence-electron chi connectivity index (χ4n) is 3.37. The molecule has 0 saturated heterocycles. The molecule has 6 nitrogen and oxygen atoms in total. The summed E-state index contributed by atoms with van der Waals surface area (Å²) in [6.07, 6.45) is 3.05. The van der Waals surface area contributed by atoms with Crippen LogP contribution in [0, 0.1) is 6.92 Å². The largest absolute Gasteiger partial charge is 0.494 e. The van der Waals surface area contributed by atoms with Crippen molar-refractivity contribution in [2.45, 2.75) is 33.1 Å². The van der Waals surface area contributed by atoms with Crippen molar-refractivity contribution in [3.63, 3.8) is 0 Å². The SMILES string of the molecule is CCOC(=O)COc1ccc(C)cc1NC(=O)c1ccc(OCCCCc2ccccc2)cc1. The van der Waals surface area contributed by atoms with Crippen LogP contribution in [0.5, 0.6) is 11.5 Å². The van der Waals surface area contributed by atoms with E-state index in [-0.39, 0.29) is 19.1 Å². The zero-order valence-corrected chi connectivity index (χ0v) is 19.7. The summed E-state index contributed by atoms with van der Waals surface area (Å²) in [4.78, 5) is 24.4. The Balaban J connectivity index is 1.49. The highest BCUT2D eigenvalue weighted by Crippen LogP contribution is 2.26. The fourth-order valence-corrected chi connectivity index (χ4v) is 3.37. The molecular weight excluding hydrogens is 430 g/mol. The molecule has 1 N–H and O–H groups in total. The molecule has 3 rings (SSSR count). The number of carbonyl (C=O) groups is 2. The zero-order chi connectivity index (χ0) is 24.2. The molecule has 0 atom stereocenters. The number of carbonyl (C=O) groups excluding carboxylic acids is 2. The average molecular weight is 462 g/mol. The molecule has 0 fully saturated rings. The van der Waals surface area contributed by atoms with Crippen molar-refractivity contribution < 1.29 is 23.8 Å². The first-order valence-corrected chi connectivity index (χ1v) is 11.5. The van der Waals surface area contributed by atoms with E-state index >= 15 is 0 Å². The summed E-state index contributed by atoms with van der Waals surface area (Å²) in [5.41, 5.74) is 3.28. The van der Waals surface area contributed by atoms with Gasteiger partial charge in [-0.25, -0.2) is 4.79 Å². The molecule has 0 unspecified atom stereocenters. The summed E-state index contributed by atoms with van der Waals surface area (Å²) in [7, 11) is 0. The molecule has 178 valence electrons. The van der Waals surface area contributed by atoms with Crippen LogP contribution in [0.1, 0.15) is 41.3 Å². The molecule has 0 radical (unpaired) electrons. The van der Waals surface area contributed by atoms with Gasteiger partial charge in [0, 0.05) is 5.56 Å². The number of hydrogen-bond donors (Lipinski definition) is 1. The number of aryl methyl sites for hydroxylation is 2. The van der Waals surface area contributed by atoms with Gasteiger partial charge in [-0.1, -0.05) is 36.4 Å². The molecule has 0 aliphatic heterocycles. The van der Waals surface area contributed by atoms with Gasteiger partial charge in [-0.3, -0.25) is 4.79 Å². The van der Waals surface area contributed by atoms with Crippen LogP contribution in [0.4, 0.5) is 5.69 Å². The number of rotatable bonds is 12. The molecular formula is C28H31NO5. The van der Waals surface area contributed by atoms with Gasteiger partial charge in [0.05, 0.1) is 18.9 Å². The second kappa shape index (κ2) is 13.0. The summed E-state index contributed by atoms with van der Waals surface area (Å²) >= 11 is 0. The van der Waals surface area contributed by atoms with Crippen molar-refractivity contribution >= 4 is 17.6 Å². The molecule has 0 aliphatic rings. The van der Waals surface area contributed by atoms with E-state index in [1.807, 2.05) is 19.1 Å². The Labute approximate surface area is 200 Å². The monoisotopic (exact) mass is 461 g/mol. The highest BCUT2D eigenvalue weighted by Gasteiger charge is 2.12. The van der Waals surface area contributed by atoms with Crippen LogP contribution in [-0.2, 0) is 16.0 Å². The molecule has 0 bridgehead atoms. The van der Waals surface area contributed by atoms with Crippen LogP contribution in [0.15, 0.2) is 72.8 Å². The van der Waals surface area contributed by atoms with E-state index in [4.69, 9.17) is 14.2 Å². The van der Waals surface area contributed by atoms with Gasteiger partial charge in [0.15, 0.2) is 6.61 Å². The summed E-state index contributed by atoms with van der Waals surface area (Å²) in [6, 6.07) is 22.8. The van der Waals surface area contributed by atoms with E-state index in [0.717, 1.165) is 30.6 Å². The van der Waals surface area contributed by atoms with E-state index in [9.17, 15) is 9.59 Å². The third-order valence-corrected chi connectivity index (χ3v) is 5.12. The second-order valence-electron chi connectivity index (χ2n) is 7.86. The molecule has 0 aromatic heterocycles. The predicted molar refractivity (Wildman–Crippen MR) is 133 cm³/mol. The number of amides is 1. The molecule has 0 saturated carbocycles. The summed E-state index contributed by atoms with van der Waals surface area (Å²) in [5, 5.41) is 2.86. The molecule has 0 heterocycles. The Morgan fingerprint density at radius 3 is 2.38 bits per heavy atom. The molecule has 6 heteroatoms. The van der Waals surface area contributed by atoms with Crippen molar-refractivity contribution in [2.75, 3.05) is 25.1 Å². The molecule has 3 aromatic carbocycles. The van der Waals surface area contributed by atoms with Crippen LogP contribution < -0.4 is 14.8 Å². The maximum Gasteiger partial charge on any atom is 0.344 e. The fraction of sp³-hybridized carbons (Fsp3) is 0.286. The first kappa shape index (κ1) is 24.8. The van der Waals surface area contributed by atoms with Gasteiger partial charge in [0.25, 0.3) is 5.91 Å². The standard InChI is InChI=1S/C28H31NO5/c1-3-32-27(30)20-34-26-17-12-21(2)19-25(26)29-28(31)23-13-15-24(16-14-23)33-18-8-7-11-22-9-5-4-6-10-22/h4-6,9-10,12-17,19H,3,7-8,11,18,20H2,1-2H3,(H,29,31). The number of benzene rings is 3. The van der Waals surface area contributed by atoms with E-state index in [0.29, 0.717) is 23.6 Å². The van der Waals surface area contributed by atoms with E-state index in [1.165, 1.54) is 5.56 Å². The molecule has 0 aliphatic carbocycles. The molecule has 1 amide bonds. The van der Waals surface area contributed by atoms with Crippen molar-refractivity contribution in [3.8, 4) is 11.5 Å². The summed E-state index contributed by atoms with van der Waals surface area (Å²) in [6.45, 7) is 4.33. The maximum atomic E-state index is 12.8.